The summed E-state index contributed by atoms with van der Waals surface area (Å²) in [5, 5.41) is 8.00. The van der Waals surface area contributed by atoms with Crippen LogP contribution in [0.5, 0.6) is 11.5 Å². The minimum atomic E-state index is -0.416. The van der Waals surface area contributed by atoms with Gasteiger partial charge in [-0.25, -0.2) is 4.98 Å². The number of aromatic nitrogens is 3. The first kappa shape index (κ1) is 20.2. The Balaban J connectivity index is 1.41. The normalized spacial score (nSPS) is 12.4. The van der Waals surface area contributed by atoms with Crippen molar-refractivity contribution >= 4 is 40.4 Å². The van der Waals surface area contributed by atoms with Crippen LogP contribution in [0.3, 0.4) is 0 Å². The van der Waals surface area contributed by atoms with Gasteiger partial charge in [-0.15, -0.1) is 0 Å². The summed E-state index contributed by atoms with van der Waals surface area (Å²) in [4.78, 5) is 44.1. The lowest BCUT2D eigenvalue weighted by molar-refractivity contribution is 0.0878. The summed E-state index contributed by atoms with van der Waals surface area (Å²) in [5.41, 5.74) is 3.12. The smallest absolute Gasteiger partial charge is 0.269 e. The SMILES string of the molecule is CNC(=O)c1cc(Oc2ccc3c(c2)nc(Nc2ccc4c(c2)C(=O)NC4=O)n3C)ccn1. The molecule has 0 bridgehead atoms. The van der Waals surface area contributed by atoms with Crippen molar-refractivity contribution in [3.63, 3.8) is 0 Å². The zero-order valence-electron chi connectivity index (χ0n) is 17.7. The first-order valence-electron chi connectivity index (χ1n) is 10.0. The summed E-state index contributed by atoms with van der Waals surface area (Å²) in [7, 11) is 3.40. The number of anilines is 2. The van der Waals surface area contributed by atoms with E-state index in [9.17, 15) is 14.4 Å². The Hall–Kier alpha value is -4.73. The lowest BCUT2D eigenvalue weighted by Crippen LogP contribution is -2.19. The second kappa shape index (κ2) is 7.75. The summed E-state index contributed by atoms with van der Waals surface area (Å²) in [6.45, 7) is 0. The number of fused-ring (bicyclic) bond motifs is 2. The molecular weight excluding hydrogens is 424 g/mol. The van der Waals surface area contributed by atoms with E-state index in [-0.39, 0.29) is 11.6 Å². The second-order valence-electron chi connectivity index (χ2n) is 7.37. The van der Waals surface area contributed by atoms with Crippen molar-refractivity contribution < 1.29 is 19.1 Å². The Morgan fingerprint density at radius 2 is 1.79 bits per heavy atom. The third-order valence-electron chi connectivity index (χ3n) is 5.27. The van der Waals surface area contributed by atoms with Crippen molar-refractivity contribution in [2.45, 2.75) is 0 Å². The molecule has 3 amide bonds. The van der Waals surface area contributed by atoms with E-state index in [1.807, 2.05) is 17.7 Å². The number of hydrogen-bond acceptors (Lipinski definition) is 7. The van der Waals surface area contributed by atoms with E-state index in [4.69, 9.17) is 4.74 Å². The van der Waals surface area contributed by atoms with Crippen LogP contribution in [0.2, 0.25) is 0 Å². The first-order chi connectivity index (χ1) is 15.9. The molecule has 0 atom stereocenters. The maximum Gasteiger partial charge on any atom is 0.269 e. The van der Waals surface area contributed by atoms with E-state index in [1.54, 1.807) is 42.5 Å². The van der Waals surface area contributed by atoms with Gasteiger partial charge in [0, 0.05) is 38.1 Å². The van der Waals surface area contributed by atoms with Gasteiger partial charge >= 0.3 is 0 Å². The fraction of sp³-hybridized carbons (Fsp3) is 0.0870. The number of pyridine rings is 1. The number of rotatable bonds is 5. The van der Waals surface area contributed by atoms with Crippen LogP contribution in [0, 0.1) is 0 Å². The number of imidazole rings is 1. The van der Waals surface area contributed by atoms with Crippen molar-refractivity contribution in [3.05, 3.63) is 71.5 Å². The molecule has 3 heterocycles. The third kappa shape index (κ3) is 3.63. The van der Waals surface area contributed by atoms with Crippen LogP contribution in [0.4, 0.5) is 11.6 Å². The van der Waals surface area contributed by atoms with E-state index in [0.29, 0.717) is 39.8 Å². The molecular formula is C23H18N6O4. The number of carbonyl (C=O) groups is 3. The molecule has 2 aromatic carbocycles. The van der Waals surface area contributed by atoms with Gasteiger partial charge in [0.25, 0.3) is 17.7 Å². The summed E-state index contributed by atoms with van der Waals surface area (Å²) in [6, 6.07) is 13.6. The molecule has 0 aliphatic carbocycles. The van der Waals surface area contributed by atoms with Gasteiger partial charge in [-0.2, -0.15) is 0 Å². The number of amides is 3. The number of aryl methyl sites for hydroxylation is 1. The Morgan fingerprint density at radius 3 is 2.61 bits per heavy atom. The Kier molecular flexibility index (Phi) is 4.74. The highest BCUT2D eigenvalue weighted by molar-refractivity contribution is 6.21. The molecule has 1 aliphatic rings. The minimum Gasteiger partial charge on any atom is -0.457 e. The molecule has 0 saturated carbocycles. The number of imide groups is 1. The second-order valence-corrected chi connectivity index (χ2v) is 7.37. The van der Waals surface area contributed by atoms with Crippen molar-refractivity contribution in [2.75, 3.05) is 12.4 Å². The average Bonchev–Trinajstić information content (AvgIpc) is 3.28. The van der Waals surface area contributed by atoms with Crippen LogP contribution in [0.1, 0.15) is 31.2 Å². The molecule has 0 unspecified atom stereocenters. The minimum absolute atomic E-state index is 0.255. The van der Waals surface area contributed by atoms with Crippen LogP contribution in [0.25, 0.3) is 11.0 Å². The van der Waals surface area contributed by atoms with Gasteiger partial charge in [0.2, 0.25) is 5.95 Å². The molecule has 10 heteroatoms. The van der Waals surface area contributed by atoms with Crippen LogP contribution < -0.4 is 20.7 Å². The Morgan fingerprint density at radius 1 is 1.00 bits per heavy atom. The number of carbonyl (C=O) groups excluding carboxylic acids is 3. The number of ether oxygens (including phenoxy) is 1. The zero-order chi connectivity index (χ0) is 23.1. The molecule has 3 N–H and O–H groups in total. The summed E-state index contributed by atoms with van der Waals surface area (Å²) in [5.74, 6) is 0.467. The van der Waals surface area contributed by atoms with E-state index in [1.165, 1.54) is 13.2 Å². The fourth-order valence-corrected chi connectivity index (χ4v) is 3.59. The highest BCUT2D eigenvalue weighted by atomic mass is 16.5. The number of nitrogens with zero attached hydrogens (tertiary/aromatic N) is 3. The molecule has 0 radical (unpaired) electrons. The molecule has 0 fully saturated rings. The molecule has 10 nitrogen and oxygen atoms in total. The van der Waals surface area contributed by atoms with Crippen LogP contribution >= 0.6 is 0 Å². The number of hydrogen-bond donors (Lipinski definition) is 3. The van der Waals surface area contributed by atoms with Gasteiger partial charge in [-0.05, 0) is 36.4 Å². The van der Waals surface area contributed by atoms with Crippen molar-refractivity contribution in [1.82, 2.24) is 25.2 Å². The van der Waals surface area contributed by atoms with Gasteiger partial charge < -0.3 is 19.9 Å². The summed E-state index contributed by atoms with van der Waals surface area (Å²) >= 11 is 0. The maximum atomic E-state index is 11.9. The van der Waals surface area contributed by atoms with E-state index in [0.717, 1.165) is 5.52 Å². The number of nitrogens with one attached hydrogen (secondary N) is 3. The van der Waals surface area contributed by atoms with E-state index < -0.39 is 11.8 Å². The van der Waals surface area contributed by atoms with Gasteiger partial charge in [-0.3, -0.25) is 24.7 Å². The monoisotopic (exact) mass is 442 g/mol. The van der Waals surface area contributed by atoms with Crippen LogP contribution in [0.15, 0.2) is 54.7 Å². The van der Waals surface area contributed by atoms with Gasteiger partial charge in [0.05, 0.1) is 22.2 Å². The summed E-state index contributed by atoms with van der Waals surface area (Å²) in [6.07, 6.45) is 1.51. The quantitative estimate of drug-likeness (QED) is 0.406. The van der Waals surface area contributed by atoms with Crippen molar-refractivity contribution in [3.8, 4) is 11.5 Å². The average molecular weight is 442 g/mol. The molecule has 0 spiro atoms. The Labute approximate surface area is 187 Å². The number of benzene rings is 2. The molecule has 0 saturated heterocycles. The van der Waals surface area contributed by atoms with Gasteiger partial charge in [0.1, 0.15) is 17.2 Å². The summed E-state index contributed by atoms with van der Waals surface area (Å²) < 4.78 is 7.76. The highest BCUT2D eigenvalue weighted by Gasteiger charge is 2.26. The van der Waals surface area contributed by atoms with E-state index >= 15 is 0 Å². The van der Waals surface area contributed by atoms with Gasteiger partial charge in [0.15, 0.2) is 0 Å². The standard InChI is InChI=1S/C23H18N6O4/c1-24-22(32)18-11-14(7-8-25-18)33-13-4-6-19-17(10-13)27-23(29(19)2)26-12-3-5-15-16(9-12)21(31)28-20(15)30/h3-11H,1-2H3,(H,24,32)(H,26,27)(H,28,30,31). The third-order valence-corrected chi connectivity index (χ3v) is 5.27. The lowest BCUT2D eigenvalue weighted by atomic mass is 10.1. The highest BCUT2D eigenvalue weighted by Crippen LogP contribution is 2.29. The first-order valence-corrected chi connectivity index (χ1v) is 10.0. The van der Waals surface area contributed by atoms with Crippen molar-refractivity contribution in [2.24, 2.45) is 7.05 Å². The van der Waals surface area contributed by atoms with Crippen LogP contribution in [-0.2, 0) is 7.05 Å². The molecule has 4 aromatic rings. The van der Waals surface area contributed by atoms with Crippen molar-refractivity contribution in [1.29, 1.82) is 0 Å². The predicted molar refractivity (Wildman–Crippen MR) is 120 cm³/mol. The molecule has 33 heavy (non-hydrogen) atoms. The molecule has 164 valence electrons. The topological polar surface area (TPSA) is 127 Å². The molecule has 1 aliphatic heterocycles. The van der Waals surface area contributed by atoms with Gasteiger partial charge in [-0.1, -0.05) is 0 Å². The van der Waals surface area contributed by atoms with Crippen LogP contribution in [-0.4, -0.2) is 39.3 Å². The zero-order valence-corrected chi connectivity index (χ0v) is 17.7. The predicted octanol–water partition coefficient (Wildman–Crippen LogP) is 2.75. The Bertz CT molecular complexity index is 1460. The molecule has 2 aromatic heterocycles. The molecule has 5 rings (SSSR count). The lowest BCUT2D eigenvalue weighted by Gasteiger charge is -2.07. The van der Waals surface area contributed by atoms with E-state index in [2.05, 4.69) is 25.9 Å². The largest absolute Gasteiger partial charge is 0.457 e. The maximum absolute atomic E-state index is 11.9. The fourth-order valence-electron chi connectivity index (χ4n) is 3.59.